The highest BCUT2D eigenvalue weighted by molar-refractivity contribution is 5.72. The molecule has 0 aromatic carbocycles. The van der Waals surface area contributed by atoms with E-state index in [2.05, 4.69) is 64.8 Å². The largest absolute Gasteiger partial charge is 0.515 e. The molecule has 0 aromatic heterocycles. The van der Waals surface area contributed by atoms with Crippen molar-refractivity contribution in [2.24, 2.45) is 17.8 Å². The zero-order chi connectivity index (χ0) is 42.2. The van der Waals surface area contributed by atoms with Crippen molar-refractivity contribution in [2.75, 3.05) is 40.1 Å². The molecule has 320 valence electrons. The average Bonchev–Trinajstić information content (AvgIpc) is 3.21. The molecule has 8 heteroatoms. The number of hydrogen-bond donors (Lipinski definition) is 3. The maximum absolute atomic E-state index is 11.1. The highest BCUT2D eigenvalue weighted by Gasteiger charge is 2.21. The Morgan fingerprint density at radius 1 is 0.804 bits per heavy atom. The summed E-state index contributed by atoms with van der Waals surface area (Å²) in [7, 11) is 1.70. The minimum Gasteiger partial charge on any atom is -0.515 e. The Morgan fingerprint density at radius 3 is 1.96 bits per heavy atom. The monoisotopic (exact) mass is 785 g/mol. The van der Waals surface area contributed by atoms with E-state index >= 15 is 0 Å². The van der Waals surface area contributed by atoms with Gasteiger partial charge in [0.25, 0.3) is 0 Å². The lowest BCUT2D eigenvalue weighted by Gasteiger charge is -2.29. The maximum Gasteiger partial charge on any atom is 0.302 e. The van der Waals surface area contributed by atoms with Crippen molar-refractivity contribution in [3.63, 3.8) is 0 Å². The van der Waals surface area contributed by atoms with E-state index in [-0.39, 0.29) is 38.0 Å². The lowest BCUT2D eigenvalue weighted by Crippen LogP contribution is -2.15. The average molecular weight is 785 g/mol. The third-order valence-corrected chi connectivity index (χ3v) is 9.70. The highest BCUT2D eigenvalue weighted by Crippen LogP contribution is 2.36. The van der Waals surface area contributed by atoms with Gasteiger partial charge in [0.15, 0.2) is 0 Å². The molecular formula is C48H80O8. The fourth-order valence-electron chi connectivity index (χ4n) is 6.32. The molecule has 1 unspecified atom stereocenters. The number of hydrogen-bond acceptors (Lipinski definition) is 8. The van der Waals surface area contributed by atoms with Crippen molar-refractivity contribution in [2.45, 2.75) is 137 Å². The molecule has 0 heterocycles. The highest BCUT2D eigenvalue weighted by atomic mass is 16.6. The Balaban J connectivity index is 0. The van der Waals surface area contributed by atoms with Crippen molar-refractivity contribution in [1.29, 1.82) is 0 Å². The van der Waals surface area contributed by atoms with E-state index < -0.39 is 0 Å². The first-order valence-corrected chi connectivity index (χ1v) is 21.1. The van der Waals surface area contributed by atoms with Gasteiger partial charge in [0.1, 0.15) is 25.3 Å². The van der Waals surface area contributed by atoms with Crippen LogP contribution in [0.3, 0.4) is 0 Å². The molecule has 0 aromatic rings. The van der Waals surface area contributed by atoms with E-state index in [4.69, 9.17) is 24.4 Å². The molecule has 0 radical (unpaired) electrons. The van der Waals surface area contributed by atoms with Crippen LogP contribution in [0.2, 0.25) is 0 Å². The summed E-state index contributed by atoms with van der Waals surface area (Å²) in [4.78, 5) is 20.6. The number of allylic oxidation sites excluding steroid dienone is 8. The topological polar surface area (TPSA) is 123 Å². The Hall–Kier alpha value is -3.46. The fraction of sp³-hybridized carbons (Fsp3) is 0.625. The molecule has 1 atom stereocenters. The summed E-state index contributed by atoms with van der Waals surface area (Å²) in [5, 5.41) is 25.3. The number of esters is 1. The normalized spacial score (nSPS) is 16.7. The SMILES string of the molecule is C=C(/C=C(\C=C/CCC(CCCC)CCC1CCC(CCCCC)CC1)C(/C=C(\C=C\O)OCCOC(C)=O)=C/CCOC)CC.C=C(C=O)CO.C=CCO. The third kappa shape index (κ3) is 32.8. The van der Waals surface area contributed by atoms with Gasteiger partial charge in [-0.15, -0.1) is 6.58 Å². The van der Waals surface area contributed by atoms with Crippen LogP contribution in [0.15, 0.2) is 96.6 Å². The number of aldehydes is 1. The van der Waals surface area contributed by atoms with Crippen LogP contribution < -0.4 is 0 Å². The quantitative estimate of drug-likeness (QED) is 0.0130. The van der Waals surface area contributed by atoms with Crippen LogP contribution in [0.25, 0.3) is 0 Å². The van der Waals surface area contributed by atoms with Gasteiger partial charge in [-0.3, -0.25) is 9.59 Å². The minimum atomic E-state index is -0.349. The second kappa shape index (κ2) is 39.8. The van der Waals surface area contributed by atoms with Crippen LogP contribution in [-0.4, -0.2) is 67.7 Å². The van der Waals surface area contributed by atoms with E-state index in [0.29, 0.717) is 18.7 Å². The summed E-state index contributed by atoms with van der Waals surface area (Å²) in [6.45, 7) is 19.5. The molecule has 1 fully saturated rings. The number of carbonyl (C=O) groups is 2. The van der Waals surface area contributed by atoms with Gasteiger partial charge in [0.05, 0.1) is 19.5 Å². The van der Waals surface area contributed by atoms with Crippen molar-refractivity contribution in [3.05, 3.63) is 96.6 Å². The van der Waals surface area contributed by atoms with Gasteiger partial charge < -0.3 is 29.5 Å². The van der Waals surface area contributed by atoms with Crippen LogP contribution in [0.1, 0.15) is 137 Å². The van der Waals surface area contributed by atoms with Gasteiger partial charge in [-0.1, -0.05) is 153 Å². The summed E-state index contributed by atoms with van der Waals surface area (Å²) in [5.41, 5.74) is 3.28. The minimum absolute atomic E-state index is 0.0833. The second-order valence-electron chi connectivity index (χ2n) is 14.5. The van der Waals surface area contributed by atoms with Gasteiger partial charge >= 0.3 is 5.97 Å². The maximum atomic E-state index is 11.1. The predicted octanol–water partition coefficient (Wildman–Crippen LogP) is 11.6. The van der Waals surface area contributed by atoms with Crippen molar-refractivity contribution in [1.82, 2.24) is 0 Å². The van der Waals surface area contributed by atoms with Crippen LogP contribution >= 0.6 is 0 Å². The van der Waals surface area contributed by atoms with Gasteiger partial charge in [-0.25, -0.2) is 0 Å². The molecule has 3 N–H and O–H groups in total. The van der Waals surface area contributed by atoms with Crippen molar-refractivity contribution >= 4 is 12.3 Å². The van der Waals surface area contributed by atoms with Crippen molar-refractivity contribution < 1.29 is 39.1 Å². The molecule has 0 spiro atoms. The number of rotatable bonds is 29. The van der Waals surface area contributed by atoms with Crippen LogP contribution in [0, 0.1) is 17.8 Å². The van der Waals surface area contributed by atoms with Gasteiger partial charge in [-0.05, 0) is 60.7 Å². The second-order valence-corrected chi connectivity index (χ2v) is 14.5. The molecule has 1 rings (SSSR count). The number of methoxy groups -OCH3 is 1. The number of carbonyl (C=O) groups excluding carboxylic acids is 2. The Morgan fingerprint density at radius 2 is 1.45 bits per heavy atom. The molecule has 0 saturated heterocycles. The first-order chi connectivity index (χ1) is 27.1. The molecule has 0 bridgehead atoms. The van der Waals surface area contributed by atoms with E-state index in [9.17, 15) is 14.7 Å². The molecule has 56 heavy (non-hydrogen) atoms. The van der Waals surface area contributed by atoms with Gasteiger partial charge in [-0.2, -0.15) is 0 Å². The summed E-state index contributed by atoms with van der Waals surface area (Å²) in [6, 6.07) is 0. The summed E-state index contributed by atoms with van der Waals surface area (Å²) >= 11 is 0. The van der Waals surface area contributed by atoms with Crippen LogP contribution in [-0.2, 0) is 23.8 Å². The van der Waals surface area contributed by atoms with E-state index in [1.165, 1.54) is 109 Å². The zero-order valence-electron chi connectivity index (χ0n) is 36.0. The Bertz CT molecular complexity index is 1180. The molecule has 0 amide bonds. The molecule has 1 saturated carbocycles. The summed E-state index contributed by atoms with van der Waals surface area (Å²) in [6.07, 6.45) is 37.1. The molecule has 1 aliphatic rings. The summed E-state index contributed by atoms with van der Waals surface area (Å²) in [5.74, 6) is 2.84. The first-order valence-electron chi connectivity index (χ1n) is 21.1. The van der Waals surface area contributed by atoms with E-state index in [0.717, 1.165) is 60.0 Å². The van der Waals surface area contributed by atoms with Gasteiger partial charge in [0, 0.05) is 32.3 Å². The number of aliphatic hydroxyl groups is 3. The van der Waals surface area contributed by atoms with Crippen LogP contribution in [0.4, 0.5) is 0 Å². The van der Waals surface area contributed by atoms with Crippen molar-refractivity contribution in [3.8, 4) is 0 Å². The molecule has 8 nitrogen and oxygen atoms in total. The predicted molar refractivity (Wildman–Crippen MR) is 234 cm³/mol. The van der Waals surface area contributed by atoms with E-state index in [1.807, 2.05) is 6.08 Å². The zero-order valence-corrected chi connectivity index (χ0v) is 36.0. The number of unbranched alkanes of at least 4 members (excludes halogenated alkanes) is 3. The molecule has 0 aliphatic heterocycles. The standard InChI is InChI=1S/C41H68O5.C4H6O2.C3H6O/c1-7-10-12-17-37-22-25-38(26-23-37)24-21-36(16-11-8-2)18-13-14-19-39(32-34(4)9-3)40(20-15-29-44-6)33-41(27-28-42)46-31-30-45-35(5)43;1-4(2-5)3-6;1-2-3-4/h14,19-20,27-28,32-33,36-38,42H,4,7-13,15-18,21-26,29-31H2,1-3,5-6H3;2,6H,1,3H2;2,4H,1,3H2/b19-14-,28-27+,39-32+,40-20+,41-33+;;. The third-order valence-electron chi connectivity index (χ3n) is 9.70. The molecule has 1 aliphatic carbocycles. The Labute approximate surface area is 341 Å². The fourth-order valence-corrected chi connectivity index (χ4v) is 6.32. The lowest BCUT2D eigenvalue weighted by atomic mass is 9.76. The first kappa shape index (κ1) is 54.6. The molecular weight excluding hydrogens is 705 g/mol. The van der Waals surface area contributed by atoms with Crippen LogP contribution in [0.5, 0.6) is 0 Å². The van der Waals surface area contributed by atoms with E-state index in [1.54, 1.807) is 7.11 Å². The van der Waals surface area contributed by atoms with Gasteiger partial charge in [0.2, 0.25) is 0 Å². The summed E-state index contributed by atoms with van der Waals surface area (Å²) < 4.78 is 16.2. The lowest BCUT2D eigenvalue weighted by molar-refractivity contribution is -0.142. The Kier molecular flexibility index (Phi) is 38.8. The number of aliphatic hydroxyl groups excluding tert-OH is 3. The number of ether oxygens (including phenoxy) is 3. The smallest absolute Gasteiger partial charge is 0.302 e.